The minimum Gasteiger partial charge on any atom is -0.496 e. The third-order valence-corrected chi connectivity index (χ3v) is 6.51. The molecule has 0 saturated carbocycles. The van der Waals surface area contributed by atoms with Gasteiger partial charge in [0.2, 0.25) is 17.3 Å². The lowest BCUT2D eigenvalue weighted by atomic mass is 9.87. The first-order valence-electron chi connectivity index (χ1n) is 11.2. The molecule has 174 valence electrons. The predicted octanol–water partition coefficient (Wildman–Crippen LogP) is 4.53. The number of aryl methyl sites for hydroxylation is 1. The van der Waals surface area contributed by atoms with Gasteiger partial charge in [-0.3, -0.25) is 14.4 Å². The summed E-state index contributed by atoms with van der Waals surface area (Å²) in [5.41, 5.74) is -0.0713. The van der Waals surface area contributed by atoms with E-state index in [4.69, 9.17) is 14.2 Å². The predicted molar refractivity (Wildman–Crippen MR) is 130 cm³/mol. The van der Waals surface area contributed by atoms with Gasteiger partial charge in [0, 0.05) is 24.9 Å². The molecule has 3 aromatic carbocycles. The number of ether oxygens (including phenoxy) is 3. The van der Waals surface area contributed by atoms with Crippen LogP contribution < -0.4 is 14.9 Å². The number of ketones is 1. The summed E-state index contributed by atoms with van der Waals surface area (Å²) in [5.74, 6) is -0.298. The average molecular weight is 459 g/mol. The lowest BCUT2D eigenvalue weighted by molar-refractivity contribution is -0.155. The topological polar surface area (TPSA) is 83.8 Å². The van der Waals surface area contributed by atoms with Crippen LogP contribution in [0.1, 0.15) is 37.6 Å². The molecule has 7 nitrogen and oxygen atoms in total. The Kier molecular flexibility index (Phi) is 4.90. The molecule has 0 radical (unpaired) electrons. The van der Waals surface area contributed by atoms with Crippen LogP contribution in [0.15, 0.2) is 47.3 Å². The smallest absolute Gasteiger partial charge is 0.306 e. The first-order valence-corrected chi connectivity index (χ1v) is 11.2. The molecular formula is C27H25NO6. The Labute approximate surface area is 195 Å². The van der Waals surface area contributed by atoms with Crippen molar-refractivity contribution in [1.82, 2.24) is 4.57 Å². The van der Waals surface area contributed by atoms with E-state index in [2.05, 4.69) is 0 Å². The molecule has 0 aliphatic carbocycles. The highest BCUT2D eigenvalue weighted by Crippen LogP contribution is 2.43. The fourth-order valence-corrected chi connectivity index (χ4v) is 4.79. The van der Waals surface area contributed by atoms with Crippen LogP contribution in [0, 0.1) is 0 Å². The van der Waals surface area contributed by atoms with Gasteiger partial charge in [0.05, 0.1) is 29.1 Å². The Balaban J connectivity index is 1.91. The lowest BCUT2D eigenvalue weighted by Crippen LogP contribution is -2.52. The molecule has 0 spiro atoms. The van der Waals surface area contributed by atoms with Crippen molar-refractivity contribution in [2.75, 3.05) is 7.11 Å². The van der Waals surface area contributed by atoms with Gasteiger partial charge in [-0.2, -0.15) is 0 Å². The fourth-order valence-electron chi connectivity index (χ4n) is 4.79. The first kappa shape index (κ1) is 21.9. The molecule has 1 aliphatic heterocycles. The highest BCUT2D eigenvalue weighted by molar-refractivity contribution is 6.16. The maximum Gasteiger partial charge on any atom is 0.306 e. The zero-order chi connectivity index (χ0) is 24.4. The van der Waals surface area contributed by atoms with Gasteiger partial charge in [-0.1, -0.05) is 31.2 Å². The minimum absolute atomic E-state index is 0.131. The zero-order valence-corrected chi connectivity index (χ0v) is 19.7. The van der Waals surface area contributed by atoms with E-state index in [0.717, 1.165) is 10.8 Å². The number of hydrogen-bond donors (Lipinski definition) is 0. The van der Waals surface area contributed by atoms with Crippen LogP contribution in [0.25, 0.3) is 32.6 Å². The van der Waals surface area contributed by atoms with Crippen molar-refractivity contribution >= 4 is 44.3 Å². The summed E-state index contributed by atoms with van der Waals surface area (Å²) in [6, 6.07) is 13.2. The number of carbonyl (C=O) groups is 2. The molecular weight excluding hydrogens is 434 g/mol. The molecule has 34 heavy (non-hydrogen) atoms. The summed E-state index contributed by atoms with van der Waals surface area (Å²) in [6.45, 7) is 5.06. The molecule has 0 bridgehead atoms. The Morgan fingerprint density at radius 2 is 1.79 bits per heavy atom. The molecule has 1 aliphatic rings. The van der Waals surface area contributed by atoms with E-state index in [1.54, 1.807) is 33.9 Å². The molecule has 1 unspecified atom stereocenters. The lowest BCUT2D eigenvalue weighted by Gasteiger charge is -2.38. The van der Waals surface area contributed by atoms with E-state index in [0.29, 0.717) is 27.9 Å². The van der Waals surface area contributed by atoms with Crippen LogP contribution in [0.5, 0.6) is 11.5 Å². The van der Waals surface area contributed by atoms with Crippen LogP contribution >= 0.6 is 0 Å². The second-order valence-corrected chi connectivity index (χ2v) is 9.07. The second-order valence-electron chi connectivity index (χ2n) is 9.07. The van der Waals surface area contributed by atoms with Crippen LogP contribution in [0.3, 0.4) is 0 Å². The number of methoxy groups -OCH3 is 1. The summed E-state index contributed by atoms with van der Waals surface area (Å²) in [7, 11) is 3.28. The molecule has 0 saturated heterocycles. The van der Waals surface area contributed by atoms with Crippen molar-refractivity contribution in [3.8, 4) is 11.5 Å². The van der Waals surface area contributed by atoms with Crippen molar-refractivity contribution in [2.24, 2.45) is 7.05 Å². The van der Waals surface area contributed by atoms with E-state index < -0.39 is 23.5 Å². The van der Waals surface area contributed by atoms with Crippen molar-refractivity contribution < 1.29 is 23.8 Å². The maximum absolute atomic E-state index is 13.8. The summed E-state index contributed by atoms with van der Waals surface area (Å²) < 4.78 is 19.1. The largest absolute Gasteiger partial charge is 0.496 e. The number of pyridine rings is 1. The number of carbonyl (C=O) groups excluding carboxylic acids is 2. The molecule has 1 aromatic heterocycles. The molecule has 2 heterocycles. The van der Waals surface area contributed by atoms with Crippen molar-refractivity contribution in [3.63, 3.8) is 0 Å². The highest BCUT2D eigenvalue weighted by atomic mass is 16.6. The Morgan fingerprint density at radius 3 is 2.44 bits per heavy atom. The third-order valence-electron chi connectivity index (χ3n) is 6.51. The number of nitrogens with zero attached hydrogens (tertiary/aromatic N) is 1. The monoisotopic (exact) mass is 459 g/mol. The van der Waals surface area contributed by atoms with E-state index >= 15 is 0 Å². The normalized spacial score (nSPS) is 17.0. The standard InChI is InChI=1S/C27H25NO6/c1-6-20(29)33-26-25(31)22-19(34-27(26,2)3)13-18(32-5)21-23(22)28(4)17-12-15-10-8-7-9-14(15)11-16(17)24(21)30/h7-13,26H,6H2,1-5H3. The van der Waals surface area contributed by atoms with Gasteiger partial charge in [-0.15, -0.1) is 0 Å². The molecule has 0 amide bonds. The number of Topliss-reactive ketones (excluding diaryl/α,β-unsaturated/α-hetero) is 1. The summed E-state index contributed by atoms with van der Waals surface area (Å²) >= 11 is 0. The minimum atomic E-state index is -1.15. The van der Waals surface area contributed by atoms with Gasteiger partial charge < -0.3 is 18.8 Å². The molecule has 7 heteroatoms. The molecule has 0 N–H and O–H groups in total. The quantitative estimate of drug-likeness (QED) is 0.331. The van der Waals surface area contributed by atoms with Crippen molar-refractivity contribution in [2.45, 2.75) is 38.9 Å². The van der Waals surface area contributed by atoms with Gasteiger partial charge in [0.1, 0.15) is 17.1 Å². The fraction of sp³-hybridized carbons (Fsp3) is 0.296. The number of rotatable bonds is 3. The SMILES string of the molecule is CCC(=O)OC1C(=O)c2c(cc(OC)c3c(=O)c4cc5ccccc5cc4n(C)c23)OC1(C)C. The number of benzene rings is 3. The van der Waals surface area contributed by atoms with Gasteiger partial charge >= 0.3 is 5.97 Å². The number of aromatic nitrogens is 1. The Bertz CT molecular complexity index is 1580. The van der Waals surface area contributed by atoms with E-state index in [9.17, 15) is 14.4 Å². The summed E-state index contributed by atoms with van der Waals surface area (Å²) in [5, 5.41) is 2.71. The van der Waals surface area contributed by atoms with Crippen molar-refractivity contribution in [3.05, 3.63) is 58.3 Å². The van der Waals surface area contributed by atoms with E-state index in [-0.39, 0.29) is 22.8 Å². The average Bonchev–Trinajstić information content (AvgIpc) is 2.82. The summed E-state index contributed by atoms with van der Waals surface area (Å²) in [6.07, 6.45) is -1.02. The van der Waals surface area contributed by atoms with Gasteiger partial charge in [0.15, 0.2) is 0 Å². The molecule has 0 fully saturated rings. The van der Waals surface area contributed by atoms with Gasteiger partial charge in [-0.05, 0) is 36.8 Å². The van der Waals surface area contributed by atoms with E-state index in [1.807, 2.05) is 41.0 Å². The Morgan fingerprint density at radius 1 is 1.12 bits per heavy atom. The number of fused-ring (bicyclic) bond motifs is 5. The number of esters is 1. The van der Waals surface area contributed by atoms with Gasteiger partial charge in [0.25, 0.3) is 0 Å². The van der Waals surface area contributed by atoms with Crippen LogP contribution in [-0.4, -0.2) is 35.1 Å². The number of hydrogen-bond acceptors (Lipinski definition) is 6. The van der Waals surface area contributed by atoms with Crippen LogP contribution in [0.4, 0.5) is 0 Å². The highest BCUT2D eigenvalue weighted by Gasteiger charge is 2.47. The van der Waals surface area contributed by atoms with Crippen LogP contribution in [0.2, 0.25) is 0 Å². The summed E-state index contributed by atoms with van der Waals surface area (Å²) in [4.78, 5) is 39.7. The molecule has 5 rings (SSSR count). The Hall–Kier alpha value is -3.87. The zero-order valence-electron chi connectivity index (χ0n) is 19.7. The van der Waals surface area contributed by atoms with E-state index in [1.165, 1.54) is 7.11 Å². The van der Waals surface area contributed by atoms with Gasteiger partial charge in [-0.25, -0.2) is 0 Å². The molecule has 4 aromatic rings. The van der Waals surface area contributed by atoms with Crippen LogP contribution in [-0.2, 0) is 16.6 Å². The third kappa shape index (κ3) is 3.07. The molecule has 1 atom stereocenters. The first-order chi connectivity index (χ1) is 16.2. The maximum atomic E-state index is 13.8. The second kappa shape index (κ2) is 7.58. The van der Waals surface area contributed by atoms with Crippen molar-refractivity contribution in [1.29, 1.82) is 0 Å².